The molecule has 1 rings (SSSR count). The van der Waals surface area contributed by atoms with Crippen LogP contribution >= 0.6 is 11.3 Å². The quantitative estimate of drug-likeness (QED) is 0.708. The molecular weight excluding hydrogens is 177 g/mol. The first-order valence-electron chi connectivity index (χ1n) is 3.52. The van der Waals surface area contributed by atoms with E-state index < -0.39 is 6.67 Å². The fourth-order valence-electron chi connectivity index (χ4n) is 0.741. The third-order valence-electron chi connectivity index (χ3n) is 1.37. The second-order valence-corrected chi connectivity index (χ2v) is 3.25. The molecule has 0 aliphatic heterocycles. The van der Waals surface area contributed by atoms with Crippen molar-refractivity contribution in [3.8, 4) is 0 Å². The lowest BCUT2D eigenvalue weighted by Gasteiger charge is -2.03. The van der Waals surface area contributed by atoms with Crippen molar-refractivity contribution in [3.63, 3.8) is 0 Å². The predicted octanol–water partition coefficient (Wildman–Crippen LogP) is 2.21. The molecular formula is C8H10FNOS. The van der Waals surface area contributed by atoms with Crippen LogP contribution in [0.3, 0.4) is 0 Å². The normalized spacial score (nSPS) is 11.6. The van der Waals surface area contributed by atoms with Gasteiger partial charge in [-0.25, -0.2) is 4.39 Å². The highest BCUT2D eigenvalue weighted by molar-refractivity contribution is 7.09. The Morgan fingerprint density at radius 1 is 1.75 bits per heavy atom. The molecule has 0 spiro atoms. The summed E-state index contributed by atoms with van der Waals surface area (Å²) in [6, 6.07) is 3.88. The number of alkyl halides is 1. The Bertz CT molecular complexity index is 246. The van der Waals surface area contributed by atoms with Crippen molar-refractivity contribution in [2.24, 2.45) is 0 Å². The summed E-state index contributed by atoms with van der Waals surface area (Å²) >= 11 is 1.59. The minimum atomic E-state index is -0.665. The van der Waals surface area contributed by atoms with Gasteiger partial charge in [0.2, 0.25) is 0 Å². The highest BCUT2D eigenvalue weighted by Gasteiger charge is 1.96. The summed E-state index contributed by atoms with van der Waals surface area (Å²) in [4.78, 5) is 1.11. The van der Waals surface area contributed by atoms with Gasteiger partial charge in [0.25, 0.3) is 0 Å². The smallest absolute Gasteiger partial charge is 0.132 e. The maximum Gasteiger partial charge on any atom is 0.132 e. The van der Waals surface area contributed by atoms with Gasteiger partial charge in [-0.1, -0.05) is 6.07 Å². The van der Waals surface area contributed by atoms with Crippen molar-refractivity contribution < 1.29 is 9.50 Å². The van der Waals surface area contributed by atoms with Crippen LogP contribution in [0.2, 0.25) is 0 Å². The molecule has 12 heavy (non-hydrogen) atoms. The first kappa shape index (κ1) is 9.06. The standard InChI is InChI=1S/C8H10FNOS/c9-4-7(6-11)10-5-8-2-1-3-12-8/h1-3,6,10-11H,4-5H2/b7-6-. The Balaban J connectivity index is 2.35. The van der Waals surface area contributed by atoms with E-state index in [0.717, 1.165) is 11.1 Å². The van der Waals surface area contributed by atoms with Gasteiger partial charge in [-0.2, -0.15) is 0 Å². The van der Waals surface area contributed by atoms with E-state index in [1.165, 1.54) is 0 Å². The van der Waals surface area contributed by atoms with E-state index >= 15 is 0 Å². The Morgan fingerprint density at radius 3 is 3.08 bits per heavy atom. The molecule has 0 aromatic carbocycles. The van der Waals surface area contributed by atoms with Crippen LogP contribution in [0.1, 0.15) is 4.88 Å². The summed E-state index contributed by atoms with van der Waals surface area (Å²) in [5.74, 6) is 0. The lowest BCUT2D eigenvalue weighted by molar-refractivity contribution is 0.436. The third kappa shape index (κ3) is 2.54. The lowest BCUT2D eigenvalue weighted by Crippen LogP contribution is -2.13. The maximum absolute atomic E-state index is 12.0. The summed E-state index contributed by atoms with van der Waals surface area (Å²) in [5, 5.41) is 13.2. The van der Waals surface area contributed by atoms with E-state index in [4.69, 9.17) is 5.11 Å². The molecule has 0 aliphatic rings. The zero-order valence-corrected chi connectivity index (χ0v) is 7.27. The highest BCUT2D eigenvalue weighted by atomic mass is 32.1. The number of allylic oxidation sites excluding steroid dienone is 1. The minimum absolute atomic E-state index is 0.211. The molecule has 1 aromatic heterocycles. The lowest BCUT2D eigenvalue weighted by atomic mass is 10.4. The van der Waals surface area contributed by atoms with E-state index in [-0.39, 0.29) is 5.70 Å². The summed E-state index contributed by atoms with van der Waals surface area (Å²) in [7, 11) is 0. The van der Waals surface area contributed by atoms with Crippen molar-refractivity contribution in [1.29, 1.82) is 0 Å². The molecule has 1 heterocycles. The van der Waals surface area contributed by atoms with Gasteiger partial charge in [0.1, 0.15) is 12.9 Å². The van der Waals surface area contributed by atoms with E-state index in [1.54, 1.807) is 11.3 Å². The molecule has 0 unspecified atom stereocenters. The van der Waals surface area contributed by atoms with Gasteiger partial charge in [-0.05, 0) is 11.4 Å². The first-order chi connectivity index (χ1) is 5.86. The van der Waals surface area contributed by atoms with Crippen LogP contribution in [0, 0.1) is 0 Å². The summed E-state index contributed by atoms with van der Waals surface area (Å²) in [6.45, 7) is -0.101. The fraction of sp³-hybridized carbons (Fsp3) is 0.250. The largest absolute Gasteiger partial charge is 0.514 e. The molecule has 0 amide bonds. The number of hydrogen-bond acceptors (Lipinski definition) is 3. The molecule has 2 N–H and O–H groups in total. The number of aliphatic hydroxyl groups excluding tert-OH is 1. The molecule has 66 valence electrons. The predicted molar refractivity (Wildman–Crippen MR) is 47.8 cm³/mol. The van der Waals surface area contributed by atoms with Gasteiger partial charge in [-0.3, -0.25) is 0 Å². The van der Waals surface area contributed by atoms with Crippen LogP contribution in [0.15, 0.2) is 29.5 Å². The molecule has 0 saturated heterocycles. The van der Waals surface area contributed by atoms with E-state index in [9.17, 15) is 4.39 Å². The van der Waals surface area contributed by atoms with E-state index in [1.807, 2.05) is 17.5 Å². The number of nitrogens with one attached hydrogen (secondary N) is 1. The average Bonchev–Trinajstić information content (AvgIpc) is 2.59. The van der Waals surface area contributed by atoms with Crippen molar-refractivity contribution in [1.82, 2.24) is 5.32 Å². The van der Waals surface area contributed by atoms with Gasteiger partial charge in [0.05, 0.1) is 5.70 Å². The average molecular weight is 187 g/mol. The van der Waals surface area contributed by atoms with Gasteiger partial charge in [-0.15, -0.1) is 11.3 Å². The fourth-order valence-corrected chi connectivity index (χ4v) is 1.39. The Morgan fingerprint density at radius 2 is 2.58 bits per heavy atom. The van der Waals surface area contributed by atoms with Gasteiger partial charge < -0.3 is 10.4 Å². The van der Waals surface area contributed by atoms with E-state index in [0.29, 0.717) is 6.54 Å². The molecule has 2 nitrogen and oxygen atoms in total. The van der Waals surface area contributed by atoms with Crippen LogP contribution < -0.4 is 5.32 Å². The first-order valence-corrected chi connectivity index (χ1v) is 4.40. The van der Waals surface area contributed by atoms with Crippen LogP contribution in [0.5, 0.6) is 0 Å². The van der Waals surface area contributed by atoms with Gasteiger partial charge >= 0.3 is 0 Å². The van der Waals surface area contributed by atoms with Gasteiger partial charge in [0.15, 0.2) is 0 Å². The molecule has 0 radical (unpaired) electrons. The summed E-state index contributed by atoms with van der Waals surface area (Å²) in [6.07, 6.45) is 0.758. The molecule has 0 bridgehead atoms. The Labute approximate surface area is 74.4 Å². The number of hydrogen-bond donors (Lipinski definition) is 2. The zero-order valence-electron chi connectivity index (χ0n) is 6.46. The van der Waals surface area contributed by atoms with Crippen LogP contribution in [0.25, 0.3) is 0 Å². The minimum Gasteiger partial charge on any atom is -0.514 e. The number of thiophene rings is 1. The Kier molecular flexibility index (Phi) is 3.60. The monoisotopic (exact) mass is 187 g/mol. The molecule has 0 saturated carbocycles. The van der Waals surface area contributed by atoms with Gasteiger partial charge in [0, 0.05) is 11.4 Å². The molecule has 0 atom stereocenters. The zero-order chi connectivity index (χ0) is 8.81. The number of rotatable bonds is 4. The van der Waals surface area contributed by atoms with Crippen molar-refractivity contribution in [2.45, 2.75) is 6.54 Å². The second-order valence-electron chi connectivity index (χ2n) is 2.22. The van der Waals surface area contributed by atoms with Crippen molar-refractivity contribution in [3.05, 3.63) is 34.3 Å². The second kappa shape index (κ2) is 4.77. The maximum atomic E-state index is 12.0. The molecule has 1 aromatic rings. The van der Waals surface area contributed by atoms with E-state index in [2.05, 4.69) is 5.32 Å². The van der Waals surface area contributed by atoms with Crippen LogP contribution in [-0.4, -0.2) is 11.8 Å². The van der Waals surface area contributed by atoms with Crippen LogP contribution in [0.4, 0.5) is 4.39 Å². The Hall–Kier alpha value is -1.03. The number of halogens is 1. The SMILES string of the molecule is O/C=C(/CF)NCc1cccs1. The van der Waals surface area contributed by atoms with Crippen molar-refractivity contribution >= 4 is 11.3 Å². The molecule has 0 fully saturated rings. The summed E-state index contributed by atoms with van der Waals surface area (Å²) < 4.78 is 12.0. The number of aliphatic hydroxyl groups is 1. The molecule has 0 aliphatic carbocycles. The molecule has 4 heteroatoms. The summed E-state index contributed by atoms with van der Waals surface area (Å²) in [5.41, 5.74) is 0.211. The van der Waals surface area contributed by atoms with Crippen molar-refractivity contribution in [2.75, 3.05) is 6.67 Å². The highest BCUT2D eigenvalue weighted by Crippen LogP contribution is 2.08. The van der Waals surface area contributed by atoms with Crippen LogP contribution in [-0.2, 0) is 6.54 Å². The topological polar surface area (TPSA) is 32.3 Å². The third-order valence-corrected chi connectivity index (χ3v) is 2.25.